The summed E-state index contributed by atoms with van der Waals surface area (Å²) in [6.07, 6.45) is 11.4. The second kappa shape index (κ2) is 3.75. The van der Waals surface area contributed by atoms with Crippen LogP contribution in [0.25, 0.3) is 0 Å². The van der Waals surface area contributed by atoms with E-state index in [-0.39, 0.29) is 29.7 Å². The zero-order valence-electron chi connectivity index (χ0n) is 11.7. The first-order chi connectivity index (χ1) is 9.77. The standard InChI is InChI=1S/C17H21NO2/c19-16-14-10-6-7-11(13-8-12(10)13)15(14)17(20)18(16)9-4-2-1-3-5-9/h6-7,9-15H,1-5,8H2/t10-,11+,12+,13-,14+,15-. The van der Waals surface area contributed by atoms with E-state index in [1.54, 1.807) is 4.90 Å². The molecule has 0 radical (unpaired) electrons. The molecule has 0 aromatic heterocycles. The molecule has 1 aliphatic heterocycles. The van der Waals surface area contributed by atoms with Gasteiger partial charge in [0, 0.05) is 6.04 Å². The fraction of sp³-hybridized carbons (Fsp3) is 0.765. The van der Waals surface area contributed by atoms with Crippen molar-refractivity contribution >= 4 is 11.8 Å². The first-order valence-corrected chi connectivity index (χ1v) is 8.32. The molecule has 20 heavy (non-hydrogen) atoms. The number of rotatable bonds is 1. The van der Waals surface area contributed by atoms with E-state index in [0.717, 1.165) is 12.8 Å². The SMILES string of the molecule is O=C1[C@@H]2[C@H]3C=C[C@H]([C@@H]4C[C@H]34)[C@@H]2C(=O)N1C1CCCCC1. The van der Waals surface area contributed by atoms with Gasteiger partial charge in [-0.2, -0.15) is 0 Å². The molecule has 1 heterocycles. The first-order valence-electron chi connectivity index (χ1n) is 8.32. The molecule has 4 fully saturated rings. The van der Waals surface area contributed by atoms with Gasteiger partial charge in [0.05, 0.1) is 11.8 Å². The van der Waals surface area contributed by atoms with Gasteiger partial charge in [0.1, 0.15) is 0 Å². The number of amides is 2. The summed E-state index contributed by atoms with van der Waals surface area (Å²) in [5, 5.41) is 0. The summed E-state index contributed by atoms with van der Waals surface area (Å²) < 4.78 is 0. The number of allylic oxidation sites excluding steroid dienone is 2. The summed E-state index contributed by atoms with van der Waals surface area (Å²) >= 11 is 0. The Labute approximate surface area is 119 Å². The number of imide groups is 1. The Kier molecular flexibility index (Phi) is 2.16. The number of carbonyl (C=O) groups is 2. The lowest BCUT2D eigenvalue weighted by Gasteiger charge is -2.37. The minimum Gasteiger partial charge on any atom is -0.279 e. The van der Waals surface area contributed by atoms with Crippen molar-refractivity contribution in [3.63, 3.8) is 0 Å². The van der Waals surface area contributed by atoms with Crippen molar-refractivity contribution in [2.24, 2.45) is 35.5 Å². The monoisotopic (exact) mass is 271 g/mol. The van der Waals surface area contributed by atoms with Crippen molar-refractivity contribution in [1.82, 2.24) is 4.90 Å². The molecule has 2 amide bonds. The number of hydrogen-bond acceptors (Lipinski definition) is 2. The molecule has 106 valence electrons. The van der Waals surface area contributed by atoms with E-state index in [9.17, 15) is 9.59 Å². The Morgan fingerprint density at radius 2 is 1.40 bits per heavy atom. The summed E-state index contributed by atoms with van der Waals surface area (Å²) in [5.41, 5.74) is 0. The van der Waals surface area contributed by atoms with E-state index in [2.05, 4.69) is 12.2 Å². The van der Waals surface area contributed by atoms with Gasteiger partial charge in [0.2, 0.25) is 11.8 Å². The van der Waals surface area contributed by atoms with Crippen LogP contribution in [0.15, 0.2) is 12.2 Å². The predicted octanol–water partition coefficient (Wildman–Crippen LogP) is 2.37. The normalized spacial score (nSPS) is 49.5. The molecule has 6 rings (SSSR count). The van der Waals surface area contributed by atoms with E-state index in [0.29, 0.717) is 23.7 Å². The van der Waals surface area contributed by atoms with Gasteiger partial charge >= 0.3 is 0 Å². The van der Waals surface area contributed by atoms with Gasteiger partial charge in [-0.05, 0) is 42.9 Å². The van der Waals surface area contributed by atoms with Crippen molar-refractivity contribution in [3.05, 3.63) is 12.2 Å². The smallest absolute Gasteiger partial charge is 0.233 e. The Balaban J connectivity index is 1.50. The van der Waals surface area contributed by atoms with Crippen LogP contribution >= 0.6 is 0 Å². The zero-order chi connectivity index (χ0) is 13.4. The number of nitrogens with zero attached hydrogens (tertiary/aromatic N) is 1. The molecular formula is C17H21NO2. The molecule has 0 unspecified atom stereocenters. The minimum absolute atomic E-state index is 0.00294. The van der Waals surface area contributed by atoms with Crippen LogP contribution in [0, 0.1) is 35.5 Å². The van der Waals surface area contributed by atoms with E-state index >= 15 is 0 Å². The molecule has 5 aliphatic carbocycles. The molecule has 6 aliphatic rings. The van der Waals surface area contributed by atoms with Crippen molar-refractivity contribution in [1.29, 1.82) is 0 Å². The highest BCUT2D eigenvalue weighted by atomic mass is 16.2. The summed E-state index contributed by atoms with van der Waals surface area (Å²) in [5.74, 6) is 2.54. The average molecular weight is 271 g/mol. The molecular weight excluding hydrogens is 250 g/mol. The number of hydrogen-bond donors (Lipinski definition) is 0. The topological polar surface area (TPSA) is 37.4 Å². The predicted molar refractivity (Wildman–Crippen MR) is 73.4 cm³/mol. The second-order valence-corrected chi connectivity index (χ2v) is 7.49. The largest absolute Gasteiger partial charge is 0.279 e. The lowest BCUT2D eigenvalue weighted by Crippen LogP contribution is -2.42. The highest BCUT2D eigenvalue weighted by Crippen LogP contribution is 2.65. The molecule has 0 N–H and O–H groups in total. The molecule has 2 bridgehead atoms. The molecule has 3 nitrogen and oxygen atoms in total. The summed E-state index contributed by atoms with van der Waals surface area (Å²) in [6, 6.07) is 0.213. The van der Waals surface area contributed by atoms with Crippen LogP contribution < -0.4 is 0 Å². The fourth-order valence-electron chi connectivity index (χ4n) is 5.68. The van der Waals surface area contributed by atoms with E-state index in [4.69, 9.17) is 0 Å². The fourth-order valence-corrected chi connectivity index (χ4v) is 5.68. The van der Waals surface area contributed by atoms with Gasteiger partial charge in [0.25, 0.3) is 0 Å². The Morgan fingerprint density at radius 1 is 0.850 bits per heavy atom. The quantitative estimate of drug-likeness (QED) is 0.542. The maximum atomic E-state index is 12.9. The first kappa shape index (κ1) is 11.5. The van der Waals surface area contributed by atoms with Crippen LogP contribution in [-0.2, 0) is 9.59 Å². The van der Waals surface area contributed by atoms with Gasteiger partial charge in [-0.25, -0.2) is 0 Å². The van der Waals surface area contributed by atoms with Gasteiger partial charge in [-0.15, -0.1) is 0 Å². The van der Waals surface area contributed by atoms with Gasteiger partial charge in [-0.3, -0.25) is 14.5 Å². The highest BCUT2D eigenvalue weighted by molar-refractivity contribution is 6.06. The molecule has 3 saturated carbocycles. The third-order valence-corrected chi connectivity index (χ3v) is 6.64. The Bertz CT molecular complexity index is 483. The molecule has 0 spiro atoms. The summed E-state index contributed by atoms with van der Waals surface area (Å²) in [6.45, 7) is 0. The molecule has 1 saturated heterocycles. The number of carbonyl (C=O) groups excluding carboxylic acids is 2. The van der Waals surface area contributed by atoms with Crippen LogP contribution in [0.5, 0.6) is 0 Å². The third-order valence-electron chi connectivity index (χ3n) is 6.64. The minimum atomic E-state index is 0.00294. The van der Waals surface area contributed by atoms with Crippen molar-refractivity contribution in [2.75, 3.05) is 0 Å². The average Bonchev–Trinajstić information content (AvgIpc) is 3.25. The zero-order valence-corrected chi connectivity index (χ0v) is 11.7. The van der Waals surface area contributed by atoms with E-state index < -0.39 is 0 Å². The van der Waals surface area contributed by atoms with Gasteiger partial charge in [-0.1, -0.05) is 31.4 Å². The molecule has 3 heteroatoms. The van der Waals surface area contributed by atoms with Crippen LogP contribution in [0.3, 0.4) is 0 Å². The molecule has 0 aromatic carbocycles. The number of likely N-dealkylation sites (tertiary alicyclic amines) is 1. The van der Waals surface area contributed by atoms with Gasteiger partial charge < -0.3 is 0 Å². The Hall–Kier alpha value is -1.12. The van der Waals surface area contributed by atoms with Crippen LogP contribution in [-0.4, -0.2) is 22.8 Å². The van der Waals surface area contributed by atoms with Crippen molar-refractivity contribution in [2.45, 2.75) is 44.6 Å². The van der Waals surface area contributed by atoms with Crippen molar-refractivity contribution in [3.8, 4) is 0 Å². The van der Waals surface area contributed by atoms with Gasteiger partial charge in [0.15, 0.2) is 0 Å². The van der Waals surface area contributed by atoms with E-state index in [1.807, 2.05) is 0 Å². The summed E-state index contributed by atoms with van der Waals surface area (Å²) in [4.78, 5) is 27.5. The lowest BCUT2D eigenvalue weighted by molar-refractivity contribution is -0.143. The highest BCUT2D eigenvalue weighted by Gasteiger charge is 2.67. The summed E-state index contributed by atoms with van der Waals surface area (Å²) in [7, 11) is 0. The van der Waals surface area contributed by atoms with Crippen LogP contribution in [0.4, 0.5) is 0 Å². The second-order valence-electron chi connectivity index (χ2n) is 7.49. The van der Waals surface area contributed by atoms with Crippen LogP contribution in [0.1, 0.15) is 38.5 Å². The molecule has 0 aromatic rings. The van der Waals surface area contributed by atoms with Crippen LogP contribution in [0.2, 0.25) is 0 Å². The van der Waals surface area contributed by atoms with Crippen molar-refractivity contribution < 1.29 is 9.59 Å². The lowest BCUT2D eigenvalue weighted by atomic mass is 9.63. The Morgan fingerprint density at radius 3 is 1.95 bits per heavy atom. The van der Waals surface area contributed by atoms with E-state index in [1.165, 1.54) is 25.7 Å². The molecule has 6 atom stereocenters. The maximum absolute atomic E-state index is 12.9. The third kappa shape index (κ3) is 1.27. The maximum Gasteiger partial charge on any atom is 0.233 e.